The molecule has 1 aliphatic rings. The van der Waals surface area contributed by atoms with E-state index in [-0.39, 0.29) is 17.8 Å². The molecule has 0 bridgehead atoms. The van der Waals surface area contributed by atoms with Crippen molar-refractivity contribution in [2.75, 3.05) is 44.4 Å². The van der Waals surface area contributed by atoms with Crippen LogP contribution in [0.4, 0.5) is 10.1 Å². The zero-order valence-electron chi connectivity index (χ0n) is 17.2. The first-order valence-electron chi connectivity index (χ1n) is 9.66. The van der Waals surface area contributed by atoms with Crippen LogP contribution >= 0.6 is 0 Å². The van der Waals surface area contributed by atoms with E-state index < -0.39 is 48.2 Å². The van der Waals surface area contributed by atoms with Crippen molar-refractivity contribution < 1.29 is 43.3 Å². The summed E-state index contributed by atoms with van der Waals surface area (Å²) in [5.74, 6) is -5.83. The van der Waals surface area contributed by atoms with Crippen LogP contribution in [0.5, 0.6) is 0 Å². The summed E-state index contributed by atoms with van der Waals surface area (Å²) in [5.41, 5.74) is -0.173. The third-order valence-electron chi connectivity index (χ3n) is 4.76. The lowest BCUT2D eigenvalue weighted by molar-refractivity contribution is -0.167. The van der Waals surface area contributed by atoms with Crippen LogP contribution in [-0.2, 0) is 23.9 Å². The van der Waals surface area contributed by atoms with Crippen molar-refractivity contribution in [2.24, 2.45) is 5.92 Å². The number of halogens is 1. The van der Waals surface area contributed by atoms with Gasteiger partial charge in [0.05, 0.1) is 31.3 Å². The van der Waals surface area contributed by atoms with Crippen molar-refractivity contribution in [2.45, 2.75) is 20.0 Å². The summed E-state index contributed by atoms with van der Waals surface area (Å²) in [6, 6.07) is 3.44. The van der Waals surface area contributed by atoms with E-state index in [2.05, 4.69) is 0 Å². The molecule has 1 heterocycles. The maximum absolute atomic E-state index is 14.4. The standard InChI is InChI=1S/C20H25FN2O8/c1-12(17(20(28)29)31-13(2)25)18(26)23(5-8-24)14-3-4-16(21)15(11-14)19(27)22-6-9-30-10-7-22/h3-4,11-12,17,24H,5-10H2,1-2H3,(H,28,29)/t12-,17-/m1/s1. The second-order valence-corrected chi connectivity index (χ2v) is 6.94. The molecule has 0 aliphatic carbocycles. The molecular formula is C20H25FN2O8. The quantitative estimate of drug-likeness (QED) is 0.551. The number of benzene rings is 1. The Labute approximate surface area is 178 Å². The molecule has 0 radical (unpaired) electrons. The van der Waals surface area contributed by atoms with Crippen LogP contribution in [0, 0.1) is 11.7 Å². The van der Waals surface area contributed by atoms with Gasteiger partial charge in [0.25, 0.3) is 5.91 Å². The molecular weight excluding hydrogens is 415 g/mol. The SMILES string of the molecule is CC(=O)O[C@@H](C(=O)O)[C@@H](C)C(=O)N(CCO)c1ccc(F)c(C(=O)N2CCOCC2)c1. The average molecular weight is 440 g/mol. The van der Waals surface area contributed by atoms with E-state index in [1.54, 1.807) is 0 Å². The average Bonchev–Trinajstić information content (AvgIpc) is 2.75. The van der Waals surface area contributed by atoms with Gasteiger partial charge in [-0.05, 0) is 25.1 Å². The molecule has 2 atom stereocenters. The van der Waals surface area contributed by atoms with Crippen molar-refractivity contribution in [3.05, 3.63) is 29.6 Å². The Morgan fingerprint density at radius 2 is 1.90 bits per heavy atom. The highest BCUT2D eigenvalue weighted by Crippen LogP contribution is 2.24. The third kappa shape index (κ3) is 5.98. The molecule has 0 saturated carbocycles. The number of morpholine rings is 1. The highest BCUT2D eigenvalue weighted by atomic mass is 19.1. The smallest absolute Gasteiger partial charge is 0.345 e. The lowest BCUT2D eigenvalue weighted by Crippen LogP contribution is -2.45. The fraction of sp³-hybridized carbons (Fsp3) is 0.500. The Kier molecular flexibility index (Phi) is 8.46. The Morgan fingerprint density at radius 3 is 2.45 bits per heavy atom. The minimum atomic E-state index is -1.75. The molecule has 1 saturated heterocycles. The summed E-state index contributed by atoms with van der Waals surface area (Å²) in [6.07, 6.45) is -1.75. The first-order chi connectivity index (χ1) is 14.7. The van der Waals surface area contributed by atoms with Crippen molar-refractivity contribution in [3.63, 3.8) is 0 Å². The predicted molar refractivity (Wildman–Crippen MR) is 105 cm³/mol. The van der Waals surface area contributed by atoms with Crippen LogP contribution in [0.3, 0.4) is 0 Å². The number of carbonyl (C=O) groups is 4. The lowest BCUT2D eigenvalue weighted by Gasteiger charge is -2.29. The van der Waals surface area contributed by atoms with Crippen molar-refractivity contribution in [1.82, 2.24) is 4.90 Å². The molecule has 0 aromatic heterocycles. The molecule has 31 heavy (non-hydrogen) atoms. The van der Waals surface area contributed by atoms with Crippen molar-refractivity contribution in [1.29, 1.82) is 0 Å². The van der Waals surface area contributed by atoms with Crippen LogP contribution < -0.4 is 4.90 Å². The molecule has 1 aliphatic heterocycles. The van der Waals surface area contributed by atoms with Gasteiger partial charge in [0.15, 0.2) is 0 Å². The Morgan fingerprint density at radius 1 is 1.26 bits per heavy atom. The molecule has 2 amide bonds. The van der Waals surface area contributed by atoms with Gasteiger partial charge in [0, 0.05) is 32.2 Å². The first-order valence-corrected chi connectivity index (χ1v) is 9.66. The number of ether oxygens (including phenoxy) is 2. The summed E-state index contributed by atoms with van der Waals surface area (Å²) < 4.78 is 24.3. The number of aliphatic hydroxyl groups excluding tert-OH is 1. The summed E-state index contributed by atoms with van der Waals surface area (Å²) in [7, 11) is 0. The highest BCUT2D eigenvalue weighted by Gasteiger charge is 2.36. The summed E-state index contributed by atoms with van der Waals surface area (Å²) >= 11 is 0. The van der Waals surface area contributed by atoms with Crippen LogP contribution in [0.25, 0.3) is 0 Å². The number of aliphatic carboxylic acids is 1. The molecule has 2 N–H and O–H groups in total. The number of esters is 1. The number of anilines is 1. The van der Waals surface area contributed by atoms with Crippen LogP contribution in [0.1, 0.15) is 24.2 Å². The minimum Gasteiger partial charge on any atom is -0.478 e. The van der Waals surface area contributed by atoms with Gasteiger partial charge >= 0.3 is 11.9 Å². The number of carboxylic acids is 1. The summed E-state index contributed by atoms with van der Waals surface area (Å²) in [5, 5.41) is 18.7. The van der Waals surface area contributed by atoms with E-state index in [4.69, 9.17) is 9.47 Å². The monoisotopic (exact) mass is 440 g/mol. The van der Waals surface area contributed by atoms with E-state index in [9.17, 15) is 33.8 Å². The zero-order chi connectivity index (χ0) is 23.1. The predicted octanol–water partition coefficient (Wildman–Crippen LogP) is 0.276. The summed E-state index contributed by atoms with van der Waals surface area (Å²) in [4.78, 5) is 50.8. The Bertz CT molecular complexity index is 840. The number of nitrogens with zero attached hydrogens (tertiary/aromatic N) is 2. The number of amides is 2. The van der Waals surface area contributed by atoms with Gasteiger partial charge in [-0.2, -0.15) is 0 Å². The molecule has 11 heteroatoms. The second kappa shape index (κ2) is 10.8. The van der Waals surface area contributed by atoms with Crippen LogP contribution in [-0.4, -0.2) is 84.4 Å². The Hall–Kier alpha value is -3.05. The van der Waals surface area contributed by atoms with Crippen LogP contribution in [0.15, 0.2) is 18.2 Å². The van der Waals surface area contributed by atoms with Crippen LogP contribution in [0.2, 0.25) is 0 Å². The zero-order valence-corrected chi connectivity index (χ0v) is 17.2. The fourth-order valence-electron chi connectivity index (χ4n) is 3.17. The number of hydrogen-bond acceptors (Lipinski definition) is 7. The third-order valence-corrected chi connectivity index (χ3v) is 4.76. The molecule has 10 nitrogen and oxygen atoms in total. The molecule has 0 spiro atoms. The molecule has 0 unspecified atom stereocenters. The Balaban J connectivity index is 2.35. The summed E-state index contributed by atoms with van der Waals surface area (Å²) in [6.45, 7) is 2.79. The lowest BCUT2D eigenvalue weighted by atomic mass is 10.0. The molecule has 1 aromatic carbocycles. The number of rotatable bonds is 8. The van der Waals surface area contributed by atoms with E-state index in [1.165, 1.54) is 24.0 Å². The molecule has 1 aromatic rings. The topological polar surface area (TPSA) is 134 Å². The van der Waals surface area contributed by atoms with E-state index in [0.29, 0.717) is 26.3 Å². The van der Waals surface area contributed by atoms with Gasteiger partial charge < -0.3 is 29.5 Å². The maximum atomic E-state index is 14.4. The van der Waals surface area contributed by atoms with E-state index >= 15 is 0 Å². The van der Waals surface area contributed by atoms with Gasteiger partial charge in [-0.3, -0.25) is 14.4 Å². The molecule has 170 valence electrons. The highest BCUT2D eigenvalue weighted by molar-refractivity contribution is 6.00. The second-order valence-electron chi connectivity index (χ2n) is 6.94. The van der Waals surface area contributed by atoms with Gasteiger partial charge in [-0.25, -0.2) is 9.18 Å². The van der Waals surface area contributed by atoms with E-state index in [0.717, 1.165) is 17.9 Å². The van der Waals surface area contributed by atoms with E-state index in [1.807, 2.05) is 0 Å². The first kappa shape index (κ1) is 24.2. The number of aliphatic hydroxyl groups is 1. The van der Waals surface area contributed by atoms with Gasteiger partial charge in [0.1, 0.15) is 5.82 Å². The van der Waals surface area contributed by atoms with Crippen molar-refractivity contribution in [3.8, 4) is 0 Å². The number of carbonyl (C=O) groups excluding carboxylic acids is 3. The van der Waals surface area contributed by atoms with Gasteiger partial charge in [-0.15, -0.1) is 0 Å². The van der Waals surface area contributed by atoms with Gasteiger partial charge in [0.2, 0.25) is 12.0 Å². The van der Waals surface area contributed by atoms with Crippen molar-refractivity contribution >= 4 is 29.4 Å². The fourth-order valence-corrected chi connectivity index (χ4v) is 3.17. The minimum absolute atomic E-state index is 0.0934. The maximum Gasteiger partial charge on any atom is 0.345 e. The normalized spacial score (nSPS) is 15.7. The molecule has 1 fully saturated rings. The number of hydrogen-bond donors (Lipinski definition) is 2. The molecule has 2 rings (SSSR count). The van der Waals surface area contributed by atoms with Gasteiger partial charge in [-0.1, -0.05) is 0 Å². The largest absolute Gasteiger partial charge is 0.478 e. The number of carboxylic acid groups (broad SMARTS) is 1.